The summed E-state index contributed by atoms with van der Waals surface area (Å²) in [5.74, 6) is -0.409. The maximum absolute atomic E-state index is 14.2. The van der Waals surface area contributed by atoms with Gasteiger partial charge >= 0.3 is 6.03 Å². The lowest BCUT2D eigenvalue weighted by Gasteiger charge is -2.35. The van der Waals surface area contributed by atoms with Crippen LogP contribution in [0.2, 0.25) is 0 Å². The topological polar surface area (TPSA) is 77.4 Å². The van der Waals surface area contributed by atoms with Crippen molar-refractivity contribution in [2.75, 3.05) is 31.6 Å². The molecule has 0 bridgehead atoms. The van der Waals surface area contributed by atoms with Crippen molar-refractivity contribution in [1.82, 2.24) is 10.6 Å². The Bertz CT molecular complexity index is 617. The Hall–Kier alpha value is -2.33. The number of nitriles is 1. The number of ether oxygens (including phenoxy) is 1. The smallest absolute Gasteiger partial charge is 0.315 e. The summed E-state index contributed by atoms with van der Waals surface area (Å²) in [4.78, 5) is 13.8. The van der Waals surface area contributed by atoms with Crippen LogP contribution >= 0.6 is 0 Å². The maximum Gasteiger partial charge on any atom is 0.315 e. The van der Waals surface area contributed by atoms with E-state index in [9.17, 15) is 9.18 Å². The molecule has 0 aromatic heterocycles. The van der Waals surface area contributed by atoms with Gasteiger partial charge in [0.1, 0.15) is 5.82 Å². The van der Waals surface area contributed by atoms with Gasteiger partial charge in [-0.05, 0) is 38.0 Å². The van der Waals surface area contributed by atoms with Crippen molar-refractivity contribution in [2.24, 2.45) is 0 Å². The van der Waals surface area contributed by atoms with Gasteiger partial charge in [-0.25, -0.2) is 9.18 Å². The van der Waals surface area contributed by atoms with Gasteiger partial charge in [-0.15, -0.1) is 0 Å². The Morgan fingerprint density at radius 1 is 1.58 bits per heavy atom. The summed E-state index contributed by atoms with van der Waals surface area (Å²) in [5, 5.41) is 14.5. The summed E-state index contributed by atoms with van der Waals surface area (Å²) in [6.45, 7) is 3.57. The number of nitrogens with zero attached hydrogens (tertiary/aromatic N) is 2. The largest absolute Gasteiger partial charge is 0.380 e. The highest BCUT2D eigenvalue weighted by molar-refractivity contribution is 5.74. The highest BCUT2D eigenvalue weighted by Gasteiger charge is 2.23. The van der Waals surface area contributed by atoms with Crippen molar-refractivity contribution >= 4 is 11.7 Å². The van der Waals surface area contributed by atoms with E-state index in [2.05, 4.69) is 10.6 Å². The Kier molecular flexibility index (Phi) is 6.38. The number of hydrogen-bond acceptors (Lipinski definition) is 4. The van der Waals surface area contributed by atoms with Gasteiger partial charge in [0, 0.05) is 32.8 Å². The second-order valence-electron chi connectivity index (χ2n) is 5.96. The third-order valence-corrected chi connectivity index (χ3v) is 4.13. The van der Waals surface area contributed by atoms with Crippen LogP contribution in [0, 0.1) is 17.1 Å². The number of carbonyl (C=O) groups excluding carboxylic acids is 1. The van der Waals surface area contributed by atoms with Crippen LogP contribution in [-0.4, -0.2) is 44.9 Å². The molecular weight excluding hydrogens is 311 g/mol. The van der Waals surface area contributed by atoms with Gasteiger partial charge in [0.15, 0.2) is 0 Å². The van der Waals surface area contributed by atoms with E-state index in [-0.39, 0.29) is 18.2 Å². The summed E-state index contributed by atoms with van der Waals surface area (Å²) in [6.07, 6.45) is 1.66. The molecule has 2 atom stereocenters. The number of carbonyl (C=O) groups is 1. The first-order valence-corrected chi connectivity index (χ1v) is 8.05. The Morgan fingerprint density at radius 2 is 2.38 bits per heavy atom. The number of hydrogen-bond donors (Lipinski definition) is 2. The van der Waals surface area contributed by atoms with Gasteiger partial charge < -0.3 is 20.3 Å². The van der Waals surface area contributed by atoms with Crippen molar-refractivity contribution in [3.8, 4) is 6.07 Å². The normalized spacial score (nSPS) is 18.6. The molecule has 1 aliphatic heterocycles. The fourth-order valence-corrected chi connectivity index (χ4v) is 2.70. The number of methoxy groups -OCH3 is 1. The molecule has 1 aliphatic rings. The molecular formula is C17H23FN4O2. The monoisotopic (exact) mass is 334 g/mol. The molecule has 1 heterocycles. The van der Waals surface area contributed by atoms with Gasteiger partial charge in [-0.3, -0.25) is 0 Å². The molecule has 1 aromatic rings. The summed E-state index contributed by atoms with van der Waals surface area (Å²) in [6, 6.07) is 6.10. The Balaban J connectivity index is 1.92. The Labute approximate surface area is 141 Å². The van der Waals surface area contributed by atoms with Gasteiger partial charge in [-0.1, -0.05) is 0 Å². The quantitative estimate of drug-likeness (QED) is 0.863. The van der Waals surface area contributed by atoms with E-state index in [4.69, 9.17) is 10.00 Å². The molecule has 0 radical (unpaired) electrons. The first-order valence-electron chi connectivity index (χ1n) is 8.05. The van der Waals surface area contributed by atoms with E-state index >= 15 is 0 Å². The minimum absolute atomic E-state index is 0.0494. The van der Waals surface area contributed by atoms with Crippen LogP contribution in [0.3, 0.4) is 0 Å². The van der Waals surface area contributed by atoms with Gasteiger partial charge in [0.05, 0.1) is 23.4 Å². The van der Waals surface area contributed by atoms with Crippen molar-refractivity contribution in [2.45, 2.75) is 31.9 Å². The van der Waals surface area contributed by atoms with E-state index in [1.807, 2.05) is 17.9 Å². The van der Waals surface area contributed by atoms with Gasteiger partial charge in [0.25, 0.3) is 0 Å². The van der Waals surface area contributed by atoms with Crippen molar-refractivity contribution in [3.05, 3.63) is 29.6 Å². The summed E-state index contributed by atoms with van der Waals surface area (Å²) in [7, 11) is 1.59. The average molecular weight is 334 g/mol. The van der Waals surface area contributed by atoms with E-state index in [1.165, 1.54) is 6.07 Å². The van der Waals surface area contributed by atoms with Crippen LogP contribution in [0.5, 0.6) is 0 Å². The summed E-state index contributed by atoms with van der Waals surface area (Å²) < 4.78 is 19.2. The summed E-state index contributed by atoms with van der Waals surface area (Å²) >= 11 is 0. The third-order valence-electron chi connectivity index (χ3n) is 4.13. The molecule has 1 saturated heterocycles. The minimum atomic E-state index is -0.409. The lowest BCUT2D eigenvalue weighted by Crippen LogP contribution is -2.51. The number of benzene rings is 1. The second-order valence-corrected chi connectivity index (χ2v) is 5.96. The third kappa shape index (κ3) is 4.83. The van der Waals surface area contributed by atoms with Crippen molar-refractivity contribution in [1.29, 1.82) is 5.26 Å². The first kappa shape index (κ1) is 18.0. The molecule has 130 valence electrons. The van der Waals surface area contributed by atoms with Crippen LogP contribution in [0.1, 0.15) is 25.3 Å². The number of piperidine rings is 1. The molecule has 0 spiro atoms. The number of halogens is 1. The highest BCUT2D eigenvalue weighted by Crippen LogP contribution is 2.24. The van der Waals surface area contributed by atoms with Crippen LogP contribution in [0.4, 0.5) is 14.9 Å². The minimum Gasteiger partial charge on any atom is -0.380 e. The lowest BCUT2D eigenvalue weighted by molar-refractivity contribution is 0.118. The molecule has 6 nitrogen and oxygen atoms in total. The van der Waals surface area contributed by atoms with E-state index < -0.39 is 5.82 Å². The van der Waals surface area contributed by atoms with E-state index in [0.29, 0.717) is 24.3 Å². The predicted molar refractivity (Wildman–Crippen MR) is 89.4 cm³/mol. The van der Waals surface area contributed by atoms with Gasteiger partial charge in [-0.2, -0.15) is 5.26 Å². The molecule has 0 unspecified atom stereocenters. The van der Waals surface area contributed by atoms with Crippen molar-refractivity contribution < 1.29 is 13.9 Å². The number of nitrogens with one attached hydrogen (secondary N) is 2. The molecule has 0 saturated carbocycles. The molecule has 7 heteroatoms. The van der Waals surface area contributed by atoms with Crippen LogP contribution < -0.4 is 15.5 Å². The second kappa shape index (κ2) is 8.50. The number of anilines is 1. The molecule has 2 amide bonds. The SMILES string of the molecule is CO[C@@H](C)CNC(=O)N[C@@H]1CCCN(c2ccc(C#N)cc2F)C1. The van der Waals surface area contributed by atoms with Gasteiger partial charge in [0.2, 0.25) is 0 Å². The van der Waals surface area contributed by atoms with Crippen LogP contribution in [0.25, 0.3) is 0 Å². The lowest BCUT2D eigenvalue weighted by atomic mass is 10.0. The molecule has 2 rings (SSSR count). The fourth-order valence-electron chi connectivity index (χ4n) is 2.70. The van der Waals surface area contributed by atoms with E-state index in [1.54, 1.807) is 19.2 Å². The average Bonchev–Trinajstić information content (AvgIpc) is 2.59. The molecule has 2 N–H and O–H groups in total. The predicted octanol–water partition coefficient (Wildman–Crippen LogP) is 2.00. The molecule has 1 fully saturated rings. The van der Waals surface area contributed by atoms with Crippen LogP contribution in [0.15, 0.2) is 18.2 Å². The summed E-state index contributed by atoms with van der Waals surface area (Å²) in [5.41, 5.74) is 0.767. The number of rotatable bonds is 5. The maximum atomic E-state index is 14.2. The molecule has 1 aromatic carbocycles. The number of urea groups is 1. The highest BCUT2D eigenvalue weighted by atomic mass is 19.1. The zero-order chi connectivity index (χ0) is 17.5. The zero-order valence-electron chi connectivity index (χ0n) is 14.0. The standard InChI is InChI=1S/C17H23FN4O2/c1-12(24-2)10-20-17(23)21-14-4-3-7-22(11-14)16-6-5-13(9-19)8-15(16)18/h5-6,8,12,14H,3-4,7,10-11H2,1-2H3,(H2,20,21,23)/t12-,14+/m0/s1. The Morgan fingerprint density at radius 3 is 3.04 bits per heavy atom. The molecule has 24 heavy (non-hydrogen) atoms. The van der Waals surface area contributed by atoms with Crippen LogP contribution in [-0.2, 0) is 4.74 Å². The van der Waals surface area contributed by atoms with E-state index in [0.717, 1.165) is 19.4 Å². The van der Waals surface area contributed by atoms with Crippen molar-refractivity contribution in [3.63, 3.8) is 0 Å². The first-order chi connectivity index (χ1) is 11.5. The molecule has 0 aliphatic carbocycles. The zero-order valence-corrected chi connectivity index (χ0v) is 14.0. The fraction of sp³-hybridized carbons (Fsp3) is 0.529. The number of amides is 2.